The second-order valence-electron chi connectivity index (χ2n) is 8.22. The fourth-order valence-electron chi connectivity index (χ4n) is 4.42. The summed E-state index contributed by atoms with van der Waals surface area (Å²) < 4.78 is 0. The number of rotatable bonds is 6. The Morgan fingerprint density at radius 2 is 1.70 bits per heavy atom. The average Bonchev–Trinajstić information content (AvgIpc) is 3.17. The SMILES string of the molecule is CC(C)C1CCN(CC2(CNC3CC3)CCCC2)CC1. The van der Waals surface area contributed by atoms with Gasteiger partial charge in [0.15, 0.2) is 0 Å². The fourth-order valence-corrected chi connectivity index (χ4v) is 4.42. The number of hydrogen-bond acceptors (Lipinski definition) is 2. The van der Waals surface area contributed by atoms with Crippen LogP contribution in [0, 0.1) is 17.3 Å². The summed E-state index contributed by atoms with van der Waals surface area (Å²) in [6, 6.07) is 0.874. The van der Waals surface area contributed by atoms with Crippen LogP contribution < -0.4 is 5.32 Å². The molecule has 0 aromatic heterocycles. The summed E-state index contributed by atoms with van der Waals surface area (Å²) in [6.45, 7) is 10.2. The zero-order valence-electron chi connectivity index (χ0n) is 13.7. The van der Waals surface area contributed by atoms with Gasteiger partial charge in [0.2, 0.25) is 0 Å². The number of piperidine rings is 1. The molecule has 0 aromatic carbocycles. The summed E-state index contributed by atoms with van der Waals surface area (Å²) >= 11 is 0. The molecule has 3 rings (SSSR count). The summed E-state index contributed by atoms with van der Waals surface area (Å²) in [5.41, 5.74) is 0.618. The fraction of sp³-hybridized carbons (Fsp3) is 1.00. The van der Waals surface area contributed by atoms with E-state index in [0.29, 0.717) is 5.41 Å². The number of hydrogen-bond donors (Lipinski definition) is 1. The Kier molecular flexibility index (Phi) is 4.72. The van der Waals surface area contributed by atoms with Crippen LogP contribution in [0.2, 0.25) is 0 Å². The van der Waals surface area contributed by atoms with Gasteiger partial charge in [0.1, 0.15) is 0 Å². The van der Waals surface area contributed by atoms with Crippen molar-refractivity contribution in [2.75, 3.05) is 26.2 Å². The van der Waals surface area contributed by atoms with Crippen molar-refractivity contribution >= 4 is 0 Å². The first-order chi connectivity index (χ1) is 9.67. The van der Waals surface area contributed by atoms with Gasteiger partial charge < -0.3 is 10.2 Å². The Bertz CT molecular complexity index is 295. The molecule has 0 atom stereocenters. The predicted octanol–water partition coefficient (Wildman–Crippen LogP) is 3.67. The third kappa shape index (κ3) is 3.76. The molecule has 2 nitrogen and oxygen atoms in total. The lowest BCUT2D eigenvalue weighted by Gasteiger charge is -2.40. The molecule has 2 saturated carbocycles. The molecule has 3 aliphatic rings. The van der Waals surface area contributed by atoms with Crippen LogP contribution in [0.4, 0.5) is 0 Å². The van der Waals surface area contributed by atoms with Gasteiger partial charge in [0, 0.05) is 19.1 Å². The lowest BCUT2D eigenvalue weighted by atomic mass is 9.82. The first kappa shape index (κ1) is 14.8. The van der Waals surface area contributed by atoms with E-state index in [0.717, 1.165) is 17.9 Å². The van der Waals surface area contributed by atoms with Crippen LogP contribution in [0.5, 0.6) is 0 Å². The van der Waals surface area contributed by atoms with E-state index in [2.05, 4.69) is 24.1 Å². The predicted molar refractivity (Wildman–Crippen MR) is 85.9 cm³/mol. The van der Waals surface area contributed by atoms with Gasteiger partial charge in [-0.2, -0.15) is 0 Å². The number of likely N-dealkylation sites (tertiary alicyclic amines) is 1. The minimum Gasteiger partial charge on any atom is -0.313 e. The normalized spacial score (nSPS) is 28.4. The van der Waals surface area contributed by atoms with Gasteiger partial charge in [0.25, 0.3) is 0 Å². The molecule has 1 aliphatic heterocycles. The molecule has 116 valence electrons. The Balaban J connectivity index is 1.49. The molecule has 1 heterocycles. The maximum Gasteiger partial charge on any atom is 0.00684 e. The number of nitrogens with one attached hydrogen (secondary N) is 1. The highest BCUT2D eigenvalue weighted by Crippen LogP contribution is 2.40. The molecule has 0 amide bonds. The van der Waals surface area contributed by atoms with Crippen LogP contribution in [0.25, 0.3) is 0 Å². The van der Waals surface area contributed by atoms with E-state index in [1.165, 1.54) is 77.5 Å². The van der Waals surface area contributed by atoms with Crippen molar-refractivity contribution in [3.8, 4) is 0 Å². The van der Waals surface area contributed by atoms with Crippen molar-refractivity contribution in [2.24, 2.45) is 17.3 Å². The largest absolute Gasteiger partial charge is 0.313 e. The van der Waals surface area contributed by atoms with Crippen LogP contribution in [-0.2, 0) is 0 Å². The Labute approximate surface area is 125 Å². The van der Waals surface area contributed by atoms with E-state index in [9.17, 15) is 0 Å². The highest BCUT2D eigenvalue weighted by Gasteiger charge is 2.37. The van der Waals surface area contributed by atoms with Crippen molar-refractivity contribution in [3.63, 3.8) is 0 Å². The lowest BCUT2D eigenvalue weighted by Crippen LogP contribution is -2.46. The molecular weight excluding hydrogens is 244 g/mol. The van der Waals surface area contributed by atoms with Gasteiger partial charge in [-0.3, -0.25) is 0 Å². The lowest BCUT2D eigenvalue weighted by molar-refractivity contribution is 0.0981. The first-order valence-corrected chi connectivity index (χ1v) is 9.13. The summed E-state index contributed by atoms with van der Waals surface area (Å²) in [4.78, 5) is 2.79. The van der Waals surface area contributed by atoms with E-state index in [4.69, 9.17) is 0 Å². The molecule has 0 aromatic rings. The second-order valence-corrected chi connectivity index (χ2v) is 8.22. The van der Waals surface area contributed by atoms with Crippen molar-refractivity contribution in [1.82, 2.24) is 10.2 Å². The summed E-state index contributed by atoms with van der Waals surface area (Å²) in [5, 5.41) is 3.83. The van der Waals surface area contributed by atoms with Crippen molar-refractivity contribution < 1.29 is 0 Å². The minimum absolute atomic E-state index is 0.618. The van der Waals surface area contributed by atoms with Gasteiger partial charge in [-0.25, -0.2) is 0 Å². The molecule has 20 heavy (non-hydrogen) atoms. The van der Waals surface area contributed by atoms with Crippen LogP contribution in [-0.4, -0.2) is 37.1 Å². The van der Waals surface area contributed by atoms with E-state index < -0.39 is 0 Å². The molecule has 0 spiro atoms. The standard InChI is InChI=1S/C18H34N2/c1-15(2)16-7-11-20(12-8-16)14-18(9-3-4-10-18)13-19-17-5-6-17/h15-17,19H,3-14H2,1-2H3. The zero-order chi connectivity index (χ0) is 14.0. The molecule has 3 fully saturated rings. The zero-order valence-corrected chi connectivity index (χ0v) is 13.7. The summed E-state index contributed by atoms with van der Waals surface area (Å²) in [7, 11) is 0. The Hall–Kier alpha value is -0.0800. The van der Waals surface area contributed by atoms with Crippen LogP contribution in [0.15, 0.2) is 0 Å². The first-order valence-electron chi connectivity index (χ1n) is 9.13. The Morgan fingerprint density at radius 1 is 1.05 bits per heavy atom. The van der Waals surface area contributed by atoms with E-state index >= 15 is 0 Å². The summed E-state index contributed by atoms with van der Waals surface area (Å²) in [5.74, 6) is 1.87. The highest BCUT2D eigenvalue weighted by atomic mass is 15.1. The molecule has 1 saturated heterocycles. The molecular formula is C18H34N2. The van der Waals surface area contributed by atoms with Crippen molar-refractivity contribution in [3.05, 3.63) is 0 Å². The van der Waals surface area contributed by atoms with Crippen molar-refractivity contribution in [2.45, 2.75) is 71.3 Å². The minimum atomic E-state index is 0.618. The molecule has 0 radical (unpaired) electrons. The number of nitrogens with zero attached hydrogens (tertiary/aromatic N) is 1. The van der Waals surface area contributed by atoms with E-state index in [-0.39, 0.29) is 0 Å². The monoisotopic (exact) mass is 278 g/mol. The topological polar surface area (TPSA) is 15.3 Å². The van der Waals surface area contributed by atoms with E-state index in [1.54, 1.807) is 0 Å². The second kappa shape index (κ2) is 6.36. The van der Waals surface area contributed by atoms with Crippen LogP contribution in [0.1, 0.15) is 65.2 Å². The third-order valence-corrected chi connectivity index (χ3v) is 6.14. The average molecular weight is 278 g/mol. The summed E-state index contributed by atoms with van der Waals surface area (Å²) in [6.07, 6.45) is 11.6. The van der Waals surface area contributed by atoms with Crippen LogP contribution >= 0.6 is 0 Å². The molecule has 2 aliphatic carbocycles. The quantitative estimate of drug-likeness (QED) is 0.797. The third-order valence-electron chi connectivity index (χ3n) is 6.14. The molecule has 0 unspecified atom stereocenters. The van der Waals surface area contributed by atoms with Gasteiger partial charge in [-0.1, -0.05) is 26.7 Å². The molecule has 0 bridgehead atoms. The maximum absolute atomic E-state index is 3.83. The van der Waals surface area contributed by atoms with Gasteiger partial charge in [-0.15, -0.1) is 0 Å². The maximum atomic E-state index is 3.83. The van der Waals surface area contributed by atoms with Gasteiger partial charge in [0.05, 0.1) is 0 Å². The smallest absolute Gasteiger partial charge is 0.00684 e. The van der Waals surface area contributed by atoms with Crippen molar-refractivity contribution in [1.29, 1.82) is 0 Å². The van der Waals surface area contributed by atoms with Crippen LogP contribution in [0.3, 0.4) is 0 Å². The highest BCUT2D eigenvalue weighted by molar-refractivity contribution is 4.93. The van der Waals surface area contributed by atoms with E-state index in [1.807, 2.05) is 0 Å². The molecule has 1 N–H and O–H groups in total. The van der Waals surface area contributed by atoms with Gasteiger partial charge >= 0.3 is 0 Å². The Morgan fingerprint density at radius 3 is 2.25 bits per heavy atom. The molecule has 2 heteroatoms. The van der Waals surface area contributed by atoms with Gasteiger partial charge in [-0.05, 0) is 68.9 Å².